The van der Waals surface area contributed by atoms with Gasteiger partial charge in [0.1, 0.15) is 6.17 Å². The van der Waals surface area contributed by atoms with E-state index >= 15 is 0 Å². The Morgan fingerprint density at radius 1 is 1.64 bits per heavy atom. The number of nitrogens with two attached hydrogens (primary N) is 1. The first-order valence-corrected chi connectivity index (χ1v) is 4.48. The molecule has 1 heterocycles. The molecule has 1 aromatic heterocycles. The van der Waals surface area contributed by atoms with Gasteiger partial charge < -0.3 is 5.73 Å². The van der Waals surface area contributed by atoms with E-state index in [-0.39, 0.29) is 0 Å². The Kier molecular flexibility index (Phi) is 1.56. The van der Waals surface area contributed by atoms with Crippen LogP contribution in [0.2, 0.25) is 0 Å². The molecule has 0 spiro atoms. The van der Waals surface area contributed by atoms with E-state index in [0.29, 0.717) is 11.6 Å². The van der Waals surface area contributed by atoms with Gasteiger partial charge >= 0.3 is 0 Å². The highest BCUT2D eigenvalue weighted by atomic mass is 32.1. The SMILES string of the molecule is Nc1nc2c(s1)C(F)CCC2. The zero-order chi connectivity index (χ0) is 7.84. The summed E-state index contributed by atoms with van der Waals surface area (Å²) in [5.74, 6) is 0. The predicted molar refractivity (Wildman–Crippen MR) is 43.3 cm³/mol. The molecule has 2 nitrogen and oxygen atoms in total. The Morgan fingerprint density at radius 3 is 3.18 bits per heavy atom. The molecule has 0 aromatic carbocycles. The number of aryl methyl sites for hydroxylation is 1. The number of halogens is 1. The van der Waals surface area contributed by atoms with Crippen LogP contribution in [-0.4, -0.2) is 4.98 Å². The molecule has 1 aliphatic rings. The predicted octanol–water partition coefficient (Wildman–Crippen LogP) is 2.07. The van der Waals surface area contributed by atoms with Crippen molar-refractivity contribution < 1.29 is 4.39 Å². The van der Waals surface area contributed by atoms with Crippen molar-refractivity contribution in [3.8, 4) is 0 Å². The van der Waals surface area contributed by atoms with Gasteiger partial charge in [0.25, 0.3) is 0 Å². The van der Waals surface area contributed by atoms with Gasteiger partial charge in [0.15, 0.2) is 5.13 Å². The number of alkyl halides is 1. The Bertz CT molecular complexity index is 271. The van der Waals surface area contributed by atoms with Crippen molar-refractivity contribution in [1.82, 2.24) is 4.98 Å². The molecule has 0 bridgehead atoms. The molecule has 60 valence electrons. The van der Waals surface area contributed by atoms with Crippen LogP contribution in [0.15, 0.2) is 0 Å². The molecular formula is C7H9FN2S. The van der Waals surface area contributed by atoms with Gasteiger partial charge in [0.2, 0.25) is 0 Å². The van der Waals surface area contributed by atoms with Crippen molar-refractivity contribution in [1.29, 1.82) is 0 Å². The third-order valence-corrected chi connectivity index (χ3v) is 2.91. The topological polar surface area (TPSA) is 38.9 Å². The molecule has 0 saturated heterocycles. The minimum Gasteiger partial charge on any atom is -0.375 e. The number of anilines is 1. The number of thiazole rings is 1. The zero-order valence-corrected chi connectivity index (χ0v) is 6.83. The lowest BCUT2D eigenvalue weighted by Crippen LogP contribution is -2.02. The minimum absolute atomic E-state index is 0.500. The number of hydrogen-bond acceptors (Lipinski definition) is 3. The van der Waals surface area contributed by atoms with Crippen LogP contribution in [0.25, 0.3) is 0 Å². The van der Waals surface area contributed by atoms with Crippen LogP contribution in [0.3, 0.4) is 0 Å². The van der Waals surface area contributed by atoms with Gasteiger partial charge in [0, 0.05) is 0 Å². The second kappa shape index (κ2) is 2.44. The van der Waals surface area contributed by atoms with E-state index in [1.807, 2.05) is 0 Å². The minimum atomic E-state index is -0.812. The maximum absolute atomic E-state index is 13.1. The van der Waals surface area contributed by atoms with Gasteiger partial charge in [-0.2, -0.15) is 0 Å². The first kappa shape index (κ1) is 7.03. The standard InChI is InChI=1S/C7H9FN2S/c8-4-2-1-3-5-6(4)11-7(9)10-5/h4H,1-3H2,(H2,9,10). The van der Waals surface area contributed by atoms with Crippen LogP contribution in [0, 0.1) is 0 Å². The molecular weight excluding hydrogens is 163 g/mol. The second-order valence-electron chi connectivity index (χ2n) is 2.72. The summed E-state index contributed by atoms with van der Waals surface area (Å²) in [6.45, 7) is 0. The molecule has 11 heavy (non-hydrogen) atoms. The Labute approximate surface area is 68.3 Å². The van der Waals surface area contributed by atoms with E-state index in [2.05, 4.69) is 4.98 Å². The van der Waals surface area contributed by atoms with Crippen molar-refractivity contribution in [2.45, 2.75) is 25.4 Å². The van der Waals surface area contributed by atoms with E-state index in [1.54, 1.807) is 0 Å². The summed E-state index contributed by atoms with van der Waals surface area (Å²) >= 11 is 1.29. The summed E-state index contributed by atoms with van der Waals surface area (Å²) in [4.78, 5) is 4.82. The van der Waals surface area contributed by atoms with Crippen LogP contribution >= 0.6 is 11.3 Å². The Morgan fingerprint density at radius 2 is 2.45 bits per heavy atom. The van der Waals surface area contributed by atoms with Gasteiger partial charge in [-0.3, -0.25) is 0 Å². The van der Waals surface area contributed by atoms with E-state index in [9.17, 15) is 4.39 Å². The molecule has 2 rings (SSSR count). The molecule has 0 radical (unpaired) electrons. The molecule has 0 aliphatic heterocycles. The van der Waals surface area contributed by atoms with Gasteiger partial charge in [-0.1, -0.05) is 11.3 Å². The Balaban J connectivity index is 2.43. The highest BCUT2D eigenvalue weighted by molar-refractivity contribution is 7.15. The lowest BCUT2D eigenvalue weighted by Gasteiger charge is -2.12. The van der Waals surface area contributed by atoms with Crippen LogP contribution in [0.5, 0.6) is 0 Å². The number of hydrogen-bond donors (Lipinski definition) is 1. The quantitative estimate of drug-likeness (QED) is 0.650. The van der Waals surface area contributed by atoms with Crippen molar-refractivity contribution >= 4 is 16.5 Å². The molecule has 2 N–H and O–H groups in total. The first-order valence-electron chi connectivity index (χ1n) is 3.66. The summed E-state index contributed by atoms with van der Waals surface area (Å²) in [5, 5.41) is 0.500. The van der Waals surface area contributed by atoms with E-state index in [0.717, 1.165) is 23.4 Å². The third-order valence-electron chi connectivity index (χ3n) is 1.90. The van der Waals surface area contributed by atoms with Crippen LogP contribution in [-0.2, 0) is 6.42 Å². The summed E-state index contributed by atoms with van der Waals surface area (Å²) < 4.78 is 13.1. The lowest BCUT2D eigenvalue weighted by molar-refractivity contribution is 0.307. The van der Waals surface area contributed by atoms with Crippen molar-refractivity contribution in [3.05, 3.63) is 10.6 Å². The fraction of sp³-hybridized carbons (Fsp3) is 0.571. The third kappa shape index (κ3) is 1.11. The normalized spacial score (nSPS) is 23.2. The van der Waals surface area contributed by atoms with E-state index < -0.39 is 6.17 Å². The van der Waals surface area contributed by atoms with Crippen molar-refractivity contribution in [2.75, 3.05) is 5.73 Å². The van der Waals surface area contributed by atoms with Gasteiger partial charge in [0.05, 0.1) is 10.6 Å². The van der Waals surface area contributed by atoms with Crippen molar-refractivity contribution in [3.63, 3.8) is 0 Å². The molecule has 0 fully saturated rings. The molecule has 1 aromatic rings. The molecule has 0 amide bonds. The van der Waals surface area contributed by atoms with Gasteiger partial charge in [-0.15, -0.1) is 0 Å². The van der Waals surface area contributed by atoms with Gasteiger partial charge in [-0.05, 0) is 19.3 Å². The summed E-state index contributed by atoms with van der Waals surface area (Å²) in [5.41, 5.74) is 6.34. The van der Waals surface area contributed by atoms with Crippen LogP contribution in [0.4, 0.5) is 9.52 Å². The highest BCUT2D eigenvalue weighted by Crippen LogP contribution is 2.37. The number of fused-ring (bicyclic) bond motifs is 1. The molecule has 1 unspecified atom stereocenters. The Hall–Kier alpha value is -0.640. The molecule has 1 aliphatic carbocycles. The fourth-order valence-electron chi connectivity index (χ4n) is 1.39. The van der Waals surface area contributed by atoms with E-state index in [4.69, 9.17) is 5.73 Å². The second-order valence-corrected chi connectivity index (χ2v) is 3.79. The van der Waals surface area contributed by atoms with Crippen LogP contribution in [0.1, 0.15) is 29.6 Å². The van der Waals surface area contributed by atoms with Gasteiger partial charge in [-0.25, -0.2) is 9.37 Å². The number of aromatic nitrogens is 1. The maximum Gasteiger partial charge on any atom is 0.180 e. The number of rotatable bonds is 0. The average molecular weight is 172 g/mol. The average Bonchev–Trinajstić information content (AvgIpc) is 2.31. The first-order chi connectivity index (χ1) is 5.27. The summed E-state index contributed by atoms with van der Waals surface area (Å²) in [6.07, 6.45) is 1.61. The van der Waals surface area contributed by atoms with Crippen molar-refractivity contribution in [2.24, 2.45) is 0 Å². The molecule has 0 saturated carbocycles. The summed E-state index contributed by atoms with van der Waals surface area (Å²) in [7, 11) is 0. The monoisotopic (exact) mass is 172 g/mol. The highest BCUT2D eigenvalue weighted by Gasteiger charge is 2.23. The molecule has 4 heteroatoms. The fourth-order valence-corrected chi connectivity index (χ4v) is 2.28. The zero-order valence-electron chi connectivity index (χ0n) is 6.01. The maximum atomic E-state index is 13.1. The lowest BCUT2D eigenvalue weighted by atomic mass is 10.0. The molecule has 1 atom stereocenters. The summed E-state index contributed by atoms with van der Waals surface area (Å²) in [6, 6.07) is 0. The largest absolute Gasteiger partial charge is 0.375 e. The number of nitrogens with zero attached hydrogens (tertiary/aromatic N) is 1. The smallest absolute Gasteiger partial charge is 0.180 e. The van der Waals surface area contributed by atoms with Crippen LogP contribution < -0.4 is 5.73 Å². The van der Waals surface area contributed by atoms with E-state index in [1.165, 1.54) is 11.3 Å². The number of nitrogen functional groups attached to an aromatic ring is 1.